The fourth-order valence-electron chi connectivity index (χ4n) is 1.57. The summed E-state index contributed by atoms with van der Waals surface area (Å²) in [5, 5.41) is 7.01. The molecule has 0 aliphatic heterocycles. The molecule has 4 nitrogen and oxygen atoms in total. The van der Waals surface area contributed by atoms with Crippen molar-refractivity contribution in [1.82, 2.24) is 10.5 Å². The zero-order valence-electron chi connectivity index (χ0n) is 9.94. The number of amides is 1. The summed E-state index contributed by atoms with van der Waals surface area (Å²) in [6.07, 6.45) is 0.608. The zero-order valence-corrected chi connectivity index (χ0v) is 10.7. The monoisotopic (exact) mass is 264 g/mol. The van der Waals surface area contributed by atoms with E-state index in [9.17, 15) is 4.79 Å². The Morgan fingerprint density at radius 2 is 2.22 bits per heavy atom. The number of nitrogens with zero attached hydrogens (tertiary/aromatic N) is 1. The average molecular weight is 265 g/mol. The summed E-state index contributed by atoms with van der Waals surface area (Å²) < 4.78 is 5.05. The molecule has 0 saturated carbocycles. The van der Waals surface area contributed by atoms with Gasteiger partial charge < -0.3 is 9.84 Å². The van der Waals surface area contributed by atoms with E-state index < -0.39 is 0 Å². The Hall–Kier alpha value is -1.81. The lowest BCUT2D eigenvalue weighted by atomic mass is 10.2. The third-order valence-electron chi connectivity index (χ3n) is 2.45. The molecule has 0 spiro atoms. The van der Waals surface area contributed by atoms with Crippen molar-refractivity contribution in [3.8, 4) is 0 Å². The fraction of sp³-hybridized carbons (Fsp3) is 0.231. The highest BCUT2D eigenvalue weighted by Gasteiger charge is 2.09. The van der Waals surface area contributed by atoms with Crippen LogP contribution in [0.25, 0.3) is 0 Å². The molecular weight excluding hydrogens is 252 g/mol. The van der Waals surface area contributed by atoms with Crippen LogP contribution in [0, 0.1) is 6.92 Å². The Balaban J connectivity index is 1.87. The first-order valence-electron chi connectivity index (χ1n) is 5.62. The molecule has 5 heteroatoms. The quantitative estimate of drug-likeness (QED) is 0.924. The molecule has 0 aliphatic rings. The fourth-order valence-corrected chi connectivity index (χ4v) is 1.80. The van der Waals surface area contributed by atoms with Crippen molar-refractivity contribution in [3.05, 3.63) is 52.4 Å². The van der Waals surface area contributed by atoms with Gasteiger partial charge in [0.2, 0.25) is 0 Å². The molecule has 1 heterocycles. The van der Waals surface area contributed by atoms with Gasteiger partial charge in [0.25, 0.3) is 5.91 Å². The van der Waals surface area contributed by atoms with Crippen LogP contribution in [0.4, 0.5) is 0 Å². The van der Waals surface area contributed by atoms with Crippen molar-refractivity contribution in [3.63, 3.8) is 0 Å². The predicted molar refractivity (Wildman–Crippen MR) is 68.7 cm³/mol. The lowest BCUT2D eigenvalue weighted by molar-refractivity contribution is 0.0953. The van der Waals surface area contributed by atoms with Crippen molar-refractivity contribution < 1.29 is 9.32 Å². The van der Waals surface area contributed by atoms with Gasteiger partial charge in [-0.25, -0.2) is 0 Å². The highest BCUT2D eigenvalue weighted by molar-refractivity contribution is 6.33. The number of nitrogens with one attached hydrogen (secondary N) is 1. The van der Waals surface area contributed by atoms with Gasteiger partial charge in [0.1, 0.15) is 5.76 Å². The second-order valence-electron chi connectivity index (χ2n) is 3.92. The summed E-state index contributed by atoms with van der Waals surface area (Å²) in [5.74, 6) is 0.573. The maximum Gasteiger partial charge on any atom is 0.252 e. The molecule has 1 aromatic heterocycles. The topological polar surface area (TPSA) is 55.1 Å². The van der Waals surface area contributed by atoms with Crippen LogP contribution in [-0.4, -0.2) is 17.6 Å². The molecule has 0 unspecified atom stereocenters. The second-order valence-corrected chi connectivity index (χ2v) is 4.33. The first-order chi connectivity index (χ1) is 8.66. The Kier molecular flexibility index (Phi) is 3.99. The van der Waals surface area contributed by atoms with E-state index in [1.807, 2.05) is 13.0 Å². The highest BCUT2D eigenvalue weighted by Crippen LogP contribution is 2.14. The molecule has 94 valence electrons. The maximum absolute atomic E-state index is 11.8. The molecular formula is C13H13ClN2O2. The molecule has 1 N–H and O–H groups in total. The van der Waals surface area contributed by atoms with E-state index in [4.69, 9.17) is 16.1 Å². The summed E-state index contributed by atoms with van der Waals surface area (Å²) in [6.45, 7) is 2.34. The van der Waals surface area contributed by atoms with E-state index in [0.29, 0.717) is 23.6 Å². The number of carbonyl (C=O) groups is 1. The number of halogens is 1. The minimum absolute atomic E-state index is 0.183. The van der Waals surface area contributed by atoms with Crippen molar-refractivity contribution in [2.75, 3.05) is 6.54 Å². The van der Waals surface area contributed by atoms with Crippen LogP contribution in [0.15, 0.2) is 34.9 Å². The van der Waals surface area contributed by atoms with Crippen LogP contribution in [0.5, 0.6) is 0 Å². The van der Waals surface area contributed by atoms with E-state index in [0.717, 1.165) is 11.5 Å². The summed E-state index contributed by atoms with van der Waals surface area (Å²) in [7, 11) is 0. The van der Waals surface area contributed by atoms with Gasteiger partial charge in [0, 0.05) is 19.0 Å². The molecule has 0 fully saturated rings. The zero-order chi connectivity index (χ0) is 13.0. The SMILES string of the molecule is Cc1cc(CCNC(=O)c2ccccc2Cl)on1. The van der Waals surface area contributed by atoms with E-state index in [2.05, 4.69) is 10.5 Å². The molecule has 0 bridgehead atoms. The first-order valence-corrected chi connectivity index (χ1v) is 5.99. The summed E-state index contributed by atoms with van der Waals surface area (Å²) in [5.41, 5.74) is 1.32. The number of rotatable bonds is 4. The Morgan fingerprint density at radius 3 is 2.89 bits per heavy atom. The molecule has 0 saturated heterocycles. The number of benzene rings is 1. The van der Waals surface area contributed by atoms with E-state index in [1.54, 1.807) is 24.3 Å². The Bertz CT molecular complexity index is 551. The van der Waals surface area contributed by atoms with Crippen LogP contribution in [-0.2, 0) is 6.42 Å². The Morgan fingerprint density at radius 1 is 1.44 bits per heavy atom. The summed E-state index contributed by atoms with van der Waals surface area (Å²) in [6, 6.07) is 8.80. The number of aromatic nitrogens is 1. The van der Waals surface area contributed by atoms with Gasteiger partial charge in [-0.15, -0.1) is 0 Å². The first kappa shape index (κ1) is 12.6. The average Bonchev–Trinajstić information content (AvgIpc) is 2.75. The van der Waals surface area contributed by atoms with Gasteiger partial charge in [0.05, 0.1) is 16.3 Å². The molecule has 1 aromatic carbocycles. The molecule has 0 aliphatic carbocycles. The number of hydrogen-bond acceptors (Lipinski definition) is 3. The molecule has 0 atom stereocenters. The minimum atomic E-state index is -0.183. The summed E-state index contributed by atoms with van der Waals surface area (Å²) in [4.78, 5) is 11.8. The highest BCUT2D eigenvalue weighted by atomic mass is 35.5. The van der Waals surface area contributed by atoms with Crippen LogP contribution in [0.3, 0.4) is 0 Å². The number of aryl methyl sites for hydroxylation is 1. The normalized spacial score (nSPS) is 10.3. The van der Waals surface area contributed by atoms with Gasteiger partial charge in [-0.3, -0.25) is 4.79 Å². The molecule has 1 amide bonds. The smallest absolute Gasteiger partial charge is 0.252 e. The molecule has 2 aromatic rings. The molecule has 2 rings (SSSR count). The van der Waals surface area contributed by atoms with Gasteiger partial charge in [0.15, 0.2) is 0 Å². The third-order valence-corrected chi connectivity index (χ3v) is 2.78. The van der Waals surface area contributed by atoms with Crippen LogP contribution >= 0.6 is 11.6 Å². The van der Waals surface area contributed by atoms with Crippen molar-refractivity contribution in [2.45, 2.75) is 13.3 Å². The molecule has 0 radical (unpaired) electrons. The van der Waals surface area contributed by atoms with Gasteiger partial charge >= 0.3 is 0 Å². The Labute approximate surface area is 110 Å². The third kappa shape index (κ3) is 3.11. The molecule has 18 heavy (non-hydrogen) atoms. The largest absolute Gasteiger partial charge is 0.361 e. The van der Waals surface area contributed by atoms with E-state index in [-0.39, 0.29) is 5.91 Å². The van der Waals surface area contributed by atoms with Gasteiger partial charge in [-0.2, -0.15) is 0 Å². The lowest BCUT2D eigenvalue weighted by Crippen LogP contribution is -2.25. The van der Waals surface area contributed by atoms with Crippen molar-refractivity contribution in [1.29, 1.82) is 0 Å². The number of carbonyl (C=O) groups excluding carboxylic acids is 1. The van der Waals surface area contributed by atoms with Crippen molar-refractivity contribution >= 4 is 17.5 Å². The van der Waals surface area contributed by atoms with Crippen LogP contribution in [0.2, 0.25) is 5.02 Å². The minimum Gasteiger partial charge on any atom is -0.361 e. The van der Waals surface area contributed by atoms with Gasteiger partial charge in [-0.1, -0.05) is 28.9 Å². The number of hydrogen-bond donors (Lipinski definition) is 1. The standard InChI is InChI=1S/C13H13ClN2O2/c1-9-8-10(18-16-9)6-7-15-13(17)11-4-2-3-5-12(11)14/h2-5,8H,6-7H2,1H3,(H,15,17). The van der Waals surface area contributed by atoms with Crippen LogP contribution < -0.4 is 5.32 Å². The lowest BCUT2D eigenvalue weighted by Gasteiger charge is -2.05. The van der Waals surface area contributed by atoms with E-state index >= 15 is 0 Å². The van der Waals surface area contributed by atoms with Crippen LogP contribution in [0.1, 0.15) is 21.8 Å². The van der Waals surface area contributed by atoms with E-state index in [1.165, 1.54) is 0 Å². The maximum atomic E-state index is 11.8. The summed E-state index contributed by atoms with van der Waals surface area (Å²) >= 11 is 5.93. The second kappa shape index (κ2) is 5.69. The van der Waals surface area contributed by atoms with Gasteiger partial charge in [-0.05, 0) is 19.1 Å². The predicted octanol–water partition coefficient (Wildman–Crippen LogP) is 2.61. The van der Waals surface area contributed by atoms with Crippen molar-refractivity contribution in [2.24, 2.45) is 0 Å².